The van der Waals surface area contributed by atoms with Gasteiger partial charge in [0.05, 0.1) is 29.9 Å². The van der Waals surface area contributed by atoms with Gasteiger partial charge < -0.3 is 9.47 Å². The molecule has 1 aliphatic rings. The van der Waals surface area contributed by atoms with Crippen molar-refractivity contribution in [3.8, 4) is 0 Å². The Hall–Kier alpha value is -2.98. The Kier molecular flexibility index (Phi) is 4.50. The highest BCUT2D eigenvalue weighted by molar-refractivity contribution is 5.79. The van der Waals surface area contributed by atoms with Gasteiger partial charge >= 0.3 is 0 Å². The van der Waals surface area contributed by atoms with E-state index in [9.17, 15) is 0 Å². The van der Waals surface area contributed by atoms with E-state index in [4.69, 9.17) is 11.6 Å². The van der Waals surface area contributed by atoms with Gasteiger partial charge in [-0.25, -0.2) is 21.4 Å². The van der Waals surface area contributed by atoms with Crippen LogP contribution in [-0.4, -0.2) is 51.2 Å². The Morgan fingerprint density at radius 2 is 2.04 bits per heavy atom. The lowest BCUT2D eigenvalue weighted by molar-refractivity contribution is 0.163. The second-order valence-electron chi connectivity index (χ2n) is 7.07. The third-order valence-corrected chi connectivity index (χ3v) is 5.32. The van der Waals surface area contributed by atoms with E-state index >= 15 is 0 Å². The quantitative estimate of drug-likeness (QED) is 0.654. The fraction of sp³-hybridized carbons (Fsp3) is 0.400. The van der Waals surface area contributed by atoms with Crippen LogP contribution in [-0.2, 0) is 13.5 Å². The summed E-state index contributed by atoms with van der Waals surface area (Å²) in [6, 6.07) is 4.28. The highest BCUT2D eigenvalue weighted by atomic mass is 15.2. The molecule has 0 amide bonds. The number of anilines is 2. The number of pyridine rings is 2. The minimum absolute atomic E-state index is 0.431. The maximum atomic E-state index is 6.97. The van der Waals surface area contributed by atoms with Crippen molar-refractivity contribution in [1.82, 2.24) is 24.4 Å². The third-order valence-electron chi connectivity index (χ3n) is 5.32. The van der Waals surface area contributed by atoms with Gasteiger partial charge in [-0.05, 0) is 18.1 Å². The number of aromatic nitrogens is 4. The van der Waals surface area contributed by atoms with Crippen LogP contribution in [0.25, 0.3) is 15.9 Å². The molecule has 1 fully saturated rings. The predicted molar refractivity (Wildman–Crippen MR) is 106 cm³/mol. The number of rotatable bonds is 5. The zero-order valence-electron chi connectivity index (χ0n) is 15.9. The fourth-order valence-electron chi connectivity index (χ4n) is 3.62. The van der Waals surface area contributed by atoms with Crippen molar-refractivity contribution < 1.29 is 0 Å². The van der Waals surface area contributed by atoms with Crippen molar-refractivity contribution in [2.75, 3.05) is 31.7 Å². The average Bonchev–Trinajstić information content (AvgIpc) is 3.03. The van der Waals surface area contributed by atoms with Crippen molar-refractivity contribution in [3.63, 3.8) is 0 Å². The number of hydrogen-bond acceptors (Lipinski definition) is 5. The van der Waals surface area contributed by atoms with Crippen LogP contribution >= 0.6 is 0 Å². The molecular formula is C20H23N7. The lowest BCUT2D eigenvalue weighted by Gasteiger charge is -2.35. The van der Waals surface area contributed by atoms with Crippen LogP contribution < -0.4 is 4.90 Å². The number of imidazole rings is 1. The second kappa shape index (κ2) is 6.97. The van der Waals surface area contributed by atoms with Crippen molar-refractivity contribution in [2.24, 2.45) is 7.05 Å². The van der Waals surface area contributed by atoms with Crippen molar-refractivity contribution in [3.05, 3.63) is 53.5 Å². The normalized spacial score (nSPS) is 14.9. The molecule has 3 aromatic rings. The molecule has 0 aliphatic carbocycles. The van der Waals surface area contributed by atoms with E-state index in [1.54, 1.807) is 6.33 Å². The highest BCUT2D eigenvalue weighted by Gasteiger charge is 2.31. The summed E-state index contributed by atoms with van der Waals surface area (Å²) in [5.41, 5.74) is 5.42. The summed E-state index contributed by atoms with van der Waals surface area (Å²) in [5.74, 6) is 1.31. The molecule has 4 rings (SSSR count). The number of nitrogens with zero attached hydrogens (tertiary/aromatic N) is 7. The summed E-state index contributed by atoms with van der Waals surface area (Å²) in [7, 11) is 4.02. The van der Waals surface area contributed by atoms with Crippen LogP contribution in [0.1, 0.15) is 24.1 Å². The number of aryl methyl sites for hydroxylation is 2. The summed E-state index contributed by atoms with van der Waals surface area (Å²) < 4.78 is 2.00. The van der Waals surface area contributed by atoms with Gasteiger partial charge in [0.2, 0.25) is 0 Å². The number of likely N-dealkylation sites (tertiary alicyclic amines) is 1. The fourth-order valence-corrected chi connectivity index (χ4v) is 3.62. The zero-order valence-corrected chi connectivity index (χ0v) is 15.9. The maximum absolute atomic E-state index is 6.97. The molecule has 0 unspecified atom stereocenters. The molecular weight excluding hydrogens is 338 g/mol. The van der Waals surface area contributed by atoms with E-state index in [1.165, 1.54) is 5.56 Å². The van der Waals surface area contributed by atoms with Gasteiger partial charge in [0, 0.05) is 44.9 Å². The van der Waals surface area contributed by atoms with E-state index in [1.807, 2.05) is 31.1 Å². The maximum Gasteiger partial charge on any atom is 0.270 e. The first kappa shape index (κ1) is 17.4. The Morgan fingerprint density at radius 1 is 1.22 bits per heavy atom. The molecule has 0 N–H and O–H groups in total. The van der Waals surface area contributed by atoms with Gasteiger partial charge in [0.15, 0.2) is 0 Å². The highest BCUT2D eigenvalue weighted by Crippen LogP contribution is 2.31. The van der Waals surface area contributed by atoms with Crippen molar-refractivity contribution >= 4 is 22.5 Å². The predicted octanol–water partition coefficient (Wildman–Crippen LogP) is 2.97. The van der Waals surface area contributed by atoms with Crippen LogP contribution in [0, 0.1) is 6.57 Å². The van der Waals surface area contributed by atoms with Gasteiger partial charge in [-0.15, -0.1) is 0 Å². The summed E-state index contributed by atoms with van der Waals surface area (Å²) >= 11 is 0. The minimum atomic E-state index is 0.431. The molecule has 7 nitrogen and oxygen atoms in total. The molecule has 138 valence electrons. The van der Waals surface area contributed by atoms with Gasteiger partial charge in [-0.2, -0.15) is 0 Å². The van der Waals surface area contributed by atoms with E-state index < -0.39 is 0 Å². The Bertz CT molecular complexity index is 1010. The smallest absolute Gasteiger partial charge is 0.270 e. The molecule has 0 radical (unpaired) electrons. The molecule has 27 heavy (non-hydrogen) atoms. The Labute approximate surface area is 159 Å². The summed E-state index contributed by atoms with van der Waals surface area (Å²) in [4.78, 5) is 21.3. The number of fused-ring (bicyclic) bond motifs is 1. The topological polar surface area (TPSA) is 54.4 Å². The van der Waals surface area contributed by atoms with Crippen LogP contribution in [0.4, 0.5) is 11.5 Å². The second-order valence-corrected chi connectivity index (χ2v) is 7.07. The molecule has 0 atom stereocenters. The van der Waals surface area contributed by atoms with Gasteiger partial charge in [0.1, 0.15) is 11.3 Å². The van der Waals surface area contributed by atoms with Crippen LogP contribution in [0.3, 0.4) is 0 Å². The van der Waals surface area contributed by atoms with Gasteiger partial charge in [0.25, 0.3) is 6.67 Å². The molecule has 3 aromatic heterocycles. The molecule has 0 aromatic carbocycles. The molecule has 0 saturated carbocycles. The first-order valence-corrected chi connectivity index (χ1v) is 9.16. The zero-order chi connectivity index (χ0) is 19.0. The number of hydrogen-bond donors (Lipinski definition) is 0. The van der Waals surface area contributed by atoms with Gasteiger partial charge in [-0.1, -0.05) is 6.92 Å². The first-order chi connectivity index (χ1) is 13.1. The van der Waals surface area contributed by atoms with E-state index in [0.717, 1.165) is 47.7 Å². The van der Waals surface area contributed by atoms with E-state index in [0.29, 0.717) is 12.6 Å². The van der Waals surface area contributed by atoms with Gasteiger partial charge in [-0.3, -0.25) is 9.83 Å². The van der Waals surface area contributed by atoms with Crippen molar-refractivity contribution in [1.29, 1.82) is 0 Å². The molecule has 0 bridgehead atoms. The molecule has 1 aliphatic heterocycles. The van der Waals surface area contributed by atoms with Crippen molar-refractivity contribution in [2.45, 2.75) is 19.3 Å². The lowest BCUT2D eigenvalue weighted by atomic mass is 9.94. The monoisotopic (exact) mass is 361 g/mol. The van der Waals surface area contributed by atoms with E-state index in [-0.39, 0.29) is 0 Å². The summed E-state index contributed by atoms with van der Waals surface area (Å²) in [5, 5.41) is 0. The lowest BCUT2D eigenvalue weighted by Crippen LogP contribution is -2.44. The summed E-state index contributed by atoms with van der Waals surface area (Å²) in [6.07, 6.45) is 6.51. The minimum Gasteiger partial charge on any atom is -0.334 e. The van der Waals surface area contributed by atoms with Crippen LogP contribution in [0.5, 0.6) is 0 Å². The third kappa shape index (κ3) is 3.13. The average molecular weight is 361 g/mol. The van der Waals surface area contributed by atoms with Crippen LogP contribution in [0.15, 0.2) is 30.9 Å². The largest absolute Gasteiger partial charge is 0.334 e. The first-order valence-electron chi connectivity index (χ1n) is 9.16. The Morgan fingerprint density at radius 3 is 2.78 bits per heavy atom. The standard InChI is InChI=1S/C20H23N7/c1-5-14-6-16(15-10-27(11-15)12-21-2)22-9-19(14)26(4)20-7-18-17(8-23-20)24-13-25(18)3/h6-9,13,15H,5,10-12H2,1,3-4H3. The Balaban J connectivity index is 1.60. The molecule has 7 heteroatoms. The van der Waals surface area contributed by atoms with Crippen LogP contribution in [0.2, 0.25) is 0 Å². The van der Waals surface area contributed by atoms with E-state index in [2.05, 4.69) is 43.7 Å². The molecule has 1 saturated heterocycles. The molecule has 0 spiro atoms. The molecule has 4 heterocycles. The summed E-state index contributed by atoms with van der Waals surface area (Å²) in [6.45, 7) is 11.5. The SMILES string of the molecule is [C-]#[N+]CN1CC(c2cc(CC)c(N(C)c3cc4c(cn3)ncn4C)cn2)C1.